The molecule has 1 N–H and O–H groups in total. The molecular formula is C17H26N2O2. The highest BCUT2D eigenvalue weighted by atomic mass is 16.5. The molecule has 1 aromatic carbocycles. The molecule has 4 heteroatoms. The minimum atomic E-state index is -0.224. The lowest BCUT2D eigenvalue weighted by atomic mass is 10.1. The van der Waals surface area contributed by atoms with Crippen LogP contribution in [0.2, 0.25) is 0 Å². The Balaban J connectivity index is 1.94. The SMILES string of the molecule is CCOC(=O)C(CCN1CCc2ccccc21)NC(C)C. The van der Waals surface area contributed by atoms with E-state index in [9.17, 15) is 4.79 Å². The molecule has 1 aliphatic rings. The summed E-state index contributed by atoms with van der Waals surface area (Å²) in [5.74, 6) is -0.140. The highest BCUT2D eigenvalue weighted by Crippen LogP contribution is 2.27. The number of carbonyl (C=O) groups is 1. The molecule has 2 rings (SSSR count). The van der Waals surface area contributed by atoms with Gasteiger partial charge >= 0.3 is 5.97 Å². The van der Waals surface area contributed by atoms with Gasteiger partial charge in [-0.05, 0) is 31.4 Å². The van der Waals surface area contributed by atoms with E-state index in [0.717, 1.165) is 25.9 Å². The molecule has 116 valence electrons. The van der Waals surface area contributed by atoms with Gasteiger partial charge < -0.3 is 15.0 Å². The fourth-order valence-electron chi connectivity index (χ4n) is 2.84. The Hall–Kier alpha value is -1.55. The number of rotatable bonds is 7. The van der Waals surface area contributed by atoms with E-state index >= 15 is 0 Å². The predicted octanol–water partition coefficient (Wildman–Crippen LogP) is 2.37. The van der Waals surface area contributed by atoms with Gasteiger partial charge in [0.1, 0.15) is 6.04 Å². The molecule has 1 aromatic rings. The Labute approximate surface area is 127 Å². The maximum atomic E-state index is 12.0. The summed E-state index contributed by atoms with van der Waals surface area (Å²) in [7, 11) is 0. The third-order valence-electron chi connectivity index (χ3n) is 3.78. The molecule has 0 saturated heterocycles. The number of esters is 1. The molecule has 1 atom stereocenters. The van der Waals surface area contributed by atoms with Crippen LogP contribution in [0.5, 0.6) is 0 Å². The first-order valence-corrected chi connectivity index (χ1v) is 7.87. The molecule has 21 heavy (non-hydrogen) atoms. The summed E-state index contributed by atoms with van der Waals surface area (Å²) in [6, 6.07) is 8.56. The Morgan fingerprint density at radius 2 is 2.14 bits per heavy atom. The molecule has 0 radical (unpaired) electrons. The Morgan fingerprint density at radius 3 is 2.86 bits per heavy atom. The van der Waals surface area contributed by atoms with E-state index in [1.54, 1.807) is 0 Å². The normalized spacial score (nSPS) is 15.1. The highest BCUT2D eigenvalue weighted by molar-refractivity contribution is 5.76. The molecule has 1 unspecified atom stereocenters. The number of ether oxygens (including phenoxy) is 1. The smallest absolute Gasteiger partial charge is 0.323 e. The zero-order valence-electron chi connectivity index (χ0n) is 13.3. The molecule has 0 saturated carbocycles. The van der Waals surface area contributed by atoms with Crippen LogP contribution in [0.4, 0.5) is 5.69 Å². The van der Waals surface area contributed by atoms with Crippen LogP contribution in [-0.4, -0.2) is 37.7 Å². The molecule has 1 heterocycles. The zero-order chi connectivity index (χ0) is 15.2. The summed E-state index contributed by atoms with van der Waals surface area (Å²) in [6.07, 6.45) is 1.86. The number of benzene rings is 1. The van der Waals surface area contributed by atoms with Crippen molar-refractivity contribution in [2.75, 3.05) is 24.6 Å². The summed E-state index contributed by atoms with van der Waals surface area (Å²) in [4.78, 5) is 14.4. The summed E-state index contributed by atoms with van der Waals surface area (Å²) in [5.41, 5.74) is 2.71. The van der Waals surface area contributed by atoms with Crippen LogP contribution in [-0.2, 0) is 16.0 Å². The van der Waals surface area contributed by atoms with Crippen LogP contribution in [0.15, 0.2) is 24.3 Å². The maximum absolute atomic E-state index is 12.0. The Morgan fingerprint density at radius 1 is 1.38 bits per heavy atom. The van der Waals surface area contributed by atoms with Crippen LogP contribution >= 0.6 is 0 Å². The Kier molecular flexibility index (Phi) is 5.62. The van der Waals surface area contributed by atoms with Gasteiger partial charge in [0.25, 0.3) is 0 Å². The second kappa shape index (κ2) is 7.46. The van der Waals surface area contributed by atoms with Crippen molar-refractivity contribution >= 4 is 11.7 Å². The summed E-state index contributed by atoms with van der Waals surface area (Å²) >= 11 is 0. The van der Waals surface area contributed by atoms with Gasteiger partial charge in [-0.3, -0.25) is 4.79 Å². The minimum Gasteiger partial charge on any atom is -0.465 e. The number of hydrogen-bond acceptors (Lipinski definition) is 4. The monoisotopic (exact) mass is 290 g/mol. The second-order valence-corrected chi connectivity index (χ2v) is 5.78. The number of fused-ring (bicyclic) bond motifs is 1. The molecule has 0 amide bonds. The number of carbonyl (C=O) groups excluding carboxylic acids is 1. The van der Waals surface area contributed by atoms with Gasteiger partial charge in [-0.15, -0.1) is 0 Å². The number of nitrogens with zero attached hydrogens (tertiary/aromatic N) is 1. The predicted molar refractivity (Wildman–Crippen MR) is 85.7 cm³/mol. The fraction of sp³-hybridized carbons (Fsp3) is 0.588. The van der Waals surface area contributed by atoms with E-state index in [4.69, 9.17) is 4.74 Å². The van der Waals surface area contributed by atoms with Crippen molar-refractivity contribution < 1.29 is 9.53 Å². The Bertz CT molecular complexity index is 474. The number of anilines is 1. The number of hydrogen-bond donors (Lipinski definition) is 1. The summed E-state index contributed by atoms with van der Waals surface area (Å²) in [5, 5.41) is 3.31. The number of para-hydroxylation sites is 1. The summed E-state index contributed by atoms with van der Waals surface area (Å²) in [6.45, 7) is 8.30. The molecule has 0 spiro atoms. The molecule has 1 aliphatic heterocycles. The van der Waals surface area contributed by atoms with Gasteiger partial charge in [-0.25, -0.2) is 0 Å². The third kappa shape index (κ3) is 4.21. The molecular weight excluding hydrogens is 264 g/mol. The van der Waals surface area contributed by atoms with Gasteiger partial charge in [-0.1, -0.05) is 32.0 Å². The van der Waals surface area contributed by atoms with Gasteiger partial charge in [-0.2, -0.15) is 0 Å². The molecule has 0 bridgehead atoms. The van der Waals surface area contributed by atoms with Gasteiger partial charge in [0.15, 0.2) is 0 Å². The van der Waals surface area contributed by atoms with Crippen LogP contribution in [0.1, 0.15) is 32.8 Å². The van der Waals surface area contributed by atoms with Crippen LogP contribution in [0.25, 0.3) is 0 Å². The molecule has 4 nitrogen and oxygen atoms in total. The average molecular weight is 290 g/mol. The van der Waals surface area contributed by atoms with E-state index in [0.29, 0.717) is 6.61 Å². The van der Waals surface area contributed by atoms with Crippen molar-refractivity contribution in [2.45, 2.75) is 45.7 Å². The van der Waals surface area contributed by atoms with E-state index in [-0.39, 0.29) is 18.1 Å². The highest BCUT2D eigenvalue weighted by Gasteiger charge is 2.24. The van der Waals surface area contributed by atoms with Crippen molar-refractivity contribution in [1.29, 1.82) is 0 Å². The first-order valence-electron chi connectivity index (χ1n) is 7.87. The van der Waals surface area contributed by atoms with Crippen molar-refractivity contribution in [2.24, 2.45) is 0 Å². The topological polar surface area (TPSA) is 41.6 Å². The van der Waals surface area contributed by atoms with Crippen LogP contribution in [0.3, 0.4) is 0 Å². The van der Waals surface area contributed by atoms with E-state index in [1.807, 2.05) is 6.92 Å². The van der Waals surface area contributed by atoms with Crippen molar-refractivity contribution in [3.05, 3.63) is 29.8 Å². The van der Waals surface area contributed by atoms with Crippen LogP contribution < -0.4 is 10.2 Å². The van der Waals surface area contributed by atoms with Gasteiger partial charge in [0.2, 0.25) is 0 Å². The molecule has 0 fully saturated rings. The maximum Gasteiger partial charge on any atom is 0.323 e. The number of nitrogens with one attached hydrogen (secondary N) is 1. The lowest BCUT2D eigenvalue weighted by Crippen LogP contribution is -2.44. The van der Waals surface area contributed by atoms with Gasteiger partial charge in [0.05, 0.1) is 6.61 Å². The molecule has 0 aliphatic carbocycles. The second-order valence-electron chi connectivity index (χ2n) is 5.78. The largest absolute Gasteiger partial charge is 0.465 e. The van der Waals surface area contributed by atoms with Crippen molar-refractivity contribution in [3.63, 3.8) is 0 Å². The van der Waals surface area contributed by atoms with E-state index < -0.39 is 0 Å². The third-order valence-corrected chi connectivity index (χ3v) is 3.78. The van der Waals surface area contributed by atoms with E-state index in [1.165, 1.54) is 11.3 Å². The first kappa shape index (κ1) is 15.8. The molecule has 0 aromatic heterocycles. The quantitative estimate of drug-likeness (QED) is 0.783. The first-order chi connectivity index (χ1) is 10.1. The fourth-order valence-corrected chi connectivity index (χ4v) is 2.84. The lowest BCUT2D eigenvalue weighted by molar-refractivity contribution is -0.146. The van der Waals surface area contributed by atoms with Gasteiger partial charge in [0, 0.05) is 24.8 Å². The van der Waals surface area contributed by atoms with E-state index in [2.05, 4.69) is 48.3 Å². The standard InChI is InChI=1S/C17H26N2O2/c1-4-21-17(20)15(18-13(2)3)10-12-19-11-9-14-7-5-6-8-16(14)19/h5-8,13,15,18H,4,9-12H2,1-3H3. The zero-order valence-corrected chi connectivity index (χ0v) is 13.3. The van der Waals surface area contributed by atoms with Crippen LogP contribution in [0, 0.1) is 0 Å². The van der Waals surface area contributed by atoms with Crippen molar-refractivity contribution in [1.82, 2.24) is 5.32 Å². The lowest BCUT2D eigenvalue weighted by Gasteiger charge is -2.24. The minimum absolute atomic E-state index is 0.140. The average Bonchev–Trinajstić information content (AvgIpc) is 2.86. The van der Waals surface area contributed by atoms with Crippen molar-refractivity contribution in [3.8, 4) is 0 Å². The summed E-state index contributed by atoms with van der Waals surface area (Å²) < 4.78 is 5.17.